The highest BCUT2D eigenvalue weighted by Gasteiger charge is 2.28. The lowest BCUT2D eigenvalue weighted by Crippen LogP contribution is -2.53. The molecule has 0 bridgehead atoms. The van der Waals surface area contributed by atoms with Crippen LogP contribution in [0.1, 0.15) is 26.3 Å². The monoisotopic (exact) mass is 364 g/mol. The quantitative estimate of drug-likeness (QED) is 0.778. The Bertz CT molecular complexity index is 585. The Balaban J connectivity index is 1.79. The van der Waals surface area contributed by atoms with Crippen molar-refractivity contribution in [1.29, 1.82) is 0 Å². The van der Waals surface area contributed by atoms with E-state index in [1.807, 2.05) is 51.1 Å². The molecule has 1 atom stereocenters. The number of benzene rings is 1. The number of ether oxygens (including phenoxy) is 3. The number of nitrogens with zero attached hydrogens (tertiary/aromatic N) is 1. The average Bonchev–Trinajstić information content (AvgIpc) is 2.59. The predicted molar refractivity (Wildman–Crippen MR) is 96.7 cm³/mol. The van der Waals surface area contributed by atoms with Crippen LogP contribution in [0.25, 0.3) is 0 Å². The zero-order chi connectivity index (χ0) is 19.0. The summed E-state index contributed by atoms with van der Waals surface area (Å²) in [6.07, 6.45) is -0.374. The molecule has 7 nitrogen and oxygen atoms in total. The maximum Gasteiger partial charge on any atom is 0.410 e. The first-order chi connectivity index (χ1) is 12.3. The number of morpholine rings is 1. The van der Waals surface area contributed by atoms with E-state index in [1.54, 1.807) is 4.90 Å². The number of hydrogen-bond donors (Lipinski definition) is 1. The van der Waals surface area contributed by atoms with Gasteiger partial charge in [-0.05, 0) is 26.3 Å². The molecule has 1 fully saturated rings. The van der Waals surface area contributed by atoms with E-state index in [2.05, 4.69) is 5.32 Å². The molecule has 1 amide bonds. The Morgan fingerprint density at radius 2 is 2.00 bits per heavy atom. The molecule has 0 aliphatic carbocycles. The van der Waals surface area contributed by atoms with Gasteiger partial charge in [0.05, 0.1) is 25.8 Å². The highest BCUT2D eigenvalue weighted by molar-refractivity contribution is 5.72. The van der Waals surface area contributed by atoms with E-state index in [4.69, 9.17) is 14.2 Å². The number of carbonyl (C=O) groups excluding carboxylic acids is 2. The normalized spacial score (nSPS) is 17.7. The van der Waals surface area contributed by atoms with E-state index in [1.165, 1.54) is 0 Å². The summed E-state index contributed by atoms with van der Waals surface area (Å²) < 4.78 is 16.1. The lowest BCUT2D eigenvalue weighted by atomic mass is 10.2. The molecule has 2 rings (SSSR count). The first kappa shape index (κ1) is 20.2. The number of hydrogen-bond acceptors (Lipinski definition) is 6. The Morgan fingerprint density at radius 1 is 1.27 bits per heavy atom. The van der Waals surface area contributed by atoms with Crippen LogP contribution in [0.15, 0.2) is 30.3 Å². The lowest BCUT2D eigenvalue weighted by Gasteiger charge is -2.34. The third-order valence-electron chi connectivity index (χ3n) is 3.74. The fraction of sp³-hybridized carbons (Fsp3) is 0.579. The van der Waals surface area contributed by atoms with Crippen LogP contribution in [0.3, 0.4) is 0 Å². The van der Waals surface area contributed by atoms with Gasteiger partial charge in [0, 0.05) is 13.1 Å². The molecule has 26 heavy (non-hydrogen) atoms. The maximum absolute atomic E-state index is 12.4. The molecular formula is C19H28N2O5. The minimum atomic E-state index is -0.514. The van der Waals surface area contributed by atoms with Gasteiger partial charge in [-0.2, -0.15) is 0 Å². The van der Waals surface area contributed by atoms with Gasteiger partial charge in [0.25, 0.3) is 0 Å². The van der Waals surface area contributed by atoms with E-state index in [0.717, 1.165) is 5.56 Å². The summed E-state index contributed by atoms with van der Waals surface area (Å²) in [5.41, 5.74) is 0.425. The van der Waals surface area contributed by atoms with Crippen LogP contribution >= 0.6 is 0 Å². The Labute approximate surface area is 154 Å². The third kappa shape index (κ3) is 7.01. The molecule has 1 N–H and O–H groups in total. The van der Waals surface area contributed by atoms with Crippen molar-refractivity contribution in [2.75, 3.05) is 32.8 Å². The van der Waals surface area contributed by atoms with Gasteiger partial charge in [0.15, 0.2) is 0 Å². The van der Waals surface area contributed by atoms with Crippen molar-refractivity contribution in [3.8, 4) is 0 Å². The molecule has 144 valence electrons. The fourth-order valence-corrected chi connectivity index (χ4v) is 2.58. The van der Waals surface area contributed by atoms with E-state index in [9.17, 15) is 9.59 Å². The number of esters is 1. The van der Waals surface area contributed by atoms with Crippen LogP contribution in [-0.4, -0.2) is 61.5 Å². The van der Waals surface area contributed by atoms with Crippen molar-refractivity contribution in [3.63, 3.8) is 0 Å². The van der Waals surface area contributed by atoms with E-state index in [-0.39, 0.29) is 31.3 Å². The van der Waals surface area contributed by atoms with E-state index >= 15 is 0 Å². The van der Waals surface area contributed by atoms with Crippen LogP contribution < -0.4 is 5.32 Å². The van der Waals surface area contributed by atoms with Gasteiger partial charge < -0.3 is 19.5 Å². The molecule has 0 saturated carbocycles. The molecular weight excluding hydrogens is 336 g/mol. The number of rotatable bonds is 6. The second kappa shape index (κ2) is 9.54. The number of nitrogens with one attached hydrogen (secondary N) is 1. The van der Waals surface area contributed by atoms with Crippen molar-refractivity contribution in [2.24, 2.45) is 0 Å². The summed E-state index contributed by atoms with van der Waals surface area (Å²) in [5.74, 6) is -0.326. The average molecular weight is 364 g/mol. The van der Waals surface area contributed by atoms with Gasteiger partial charge >= 0.3 is 12.1 Å². The Morgan fingerprint density at radius 3 is 2.69 bits per heavy atom. The largest absolute Gasteiger partial charge is 0.459 e. The van der Waals surface area contributed by atoms with Crippen LogP contribution in [0.4, 0.5) is 4.79 Å². The molecule has 1 heterocycles. The van der Waals surface area contributed by atoms with E-state index < -0.39 is 5.60 Å². The van der Waals surface area contributed by atoms with Crippen LogP contribution in [0.2, 0.25) is 0 Å². The summed E-state index contributed by atoms with van der Waals surface area (Å²) >= 11 is 0. The summed E-state index contributed by atoms with van der Waals surface area (Å²) in [4.78, 5) is 25.8. The Hall–Kier alpha value is -2.12. The number of amides is 1. The smallest absolute Gasteiger partial charge is 0.410 e. The Kier molecular flexibility index (Phi) is 7.41. The van der Waals surface area contributed by atoms with Gasteiger partial charge in [0.2, 0.25) is 0 Å². The topological polar surface area (TPSA) is 77.1 Å². The van der Waals surface area contributed by atoms with Crippen LogP contribution in [-0.2, 0) is 25.6 Å². The summed E-state index contributed by atoms with van der Waals surface area (Å²) in [7, 11) is 0. The minimum absolute atomic E-state index is 0.0840. The molecule has 1 aromatic rings. The fourth-order valence-electron chi connectivity index (χ4n) is 2.58. The molecule has 7 heteroatoms. The lowest BCUT2D eigenvalue weighted by molar-refractivity contribution is -0.153. The summed E-state index contributed by atoms with van der Waals surface area (Å²) in [5, 5.41) is 3.03. The van der Waals surface area contributed by atoms with Gasteiger partial charge in [0.1, 0.15) is 12.2 Å². The molecule has 1 aliphatic heterocycles. The first-order valence-corrected chi connectivity index (χ1v) is 8.83. The highest BCUT2D eigenvalue weighted by atomic mass is 16.6. The SMILES string of the molecule is CC(C)(C)OC(=O)CNC[C@H]1COCCN1C(=O)OCc1ccccc1. The summed E-state index contributed by atoms with van der Waals surface area (Å²) in [6.45, 7) is 7.56. The minimum Gasteiger partial charge on any atom is -0.459 e. The predicted octanol–water partition coefficient (Wildman–Crippen LogP) is 1.96. The molecule has 0 radical (unpaired) electrons. The molecule has 0 unspecified atom stereocenters. The zero-order valence-corrected chi connectivity index (χ0v) is 15.7. The zero-order valence-electron chi connectivity index (χ0n) is 15.7. The maximum atomic E-state index is 12.4. The number of carbonyl (C=O) groups is 2. The van der Waals surface area contributed by atoms with Gasteiger partial charge in [-0.1, -0.05) is 30.3 Å². The van der Waals surface area contributed by atoms with Gasteiger partial charge in [-0.15, -0.1) is 0 Å². The van der Waals surface area contributed by atoms with E-state index in [0.29, 0.717) is 26.3 Å². The van der Waals surface area contributed by atoms with Crippen LogP contribution in [0.5, 0.6) is 0 Å². The van der Waals surface area contributed by atoms with Crippen molar-refractivity contribution in [2.45, 2.75) is 39.0 Å². The van der Waals surface area contributed by atoms with Crippen molar-refractivity contribution < 1.29 is 23.8 Å². The first-order valence-electron chi connectivity index (χ1n) is 8.83. The van der Waals surface area contributed by atoms with Gasteiger partial charge in [-0.25, -0.2) is 4.79 Å². The standard InChI is InChI=1S/C19H28N2O5/c1-19(2,3)26-17(22)12-20-11-16-14-24-10-9-21(16)18(23)25-13-15-7-5-4-6-8-15/h4-8,16,20H,9-14H2,1-3H3/t16-/m0/s1. The van der Waals surface area contributed by atoms with Crippen molar-refractivity contribution in [1.82, 2.24) is 10.2 Å². The van der Waals surface area contributed by atoms with Crippen molar-refractivity contribution in [3.05, 3.63) is 35.9 Å². The molecule has 1 aliphatic rings. The highest BCUT2D eigenvalue weighted by Crippen LogP contribution is 2.11. The molecule has 1 aromatic carbocycles. The molecule has 0 spiro atoms. The second-order valence-electron chi connectivity index (χ2n) is 7.18. The van der Waals surface area contributed by atoms with Gasteiger partial charge in [-0.3, -0.25) is 9.69 Å². The van der Waals surface area contributed by atoms with Crippen molar-refractivity contribution >= 4 is 12.1 Å². The molecule has 0 aromatic heterocycles. The summed E-state index contributed by atoms with van der Waals surface area (Å²) in [6, 6.07) is 9.36. The molecule has 1 saturated heterocycles. The second-order valence-corrected chi connectivity index (χ2v) is 7.18. The van der Waals surface area contributed by atoms with Crippen LogP contribution in [0, 0.1) is 0 Å². The third-order valence-corrected chi connectivity index (χ3v) is 3.74.